The summed E-state index contributed by atoms with van der Waals surface area (Å²) in [7, 11) is 0. The Morgan fingerprint density at radius 1 is 1.45 bits per heavy atom. The van der Waals surface area contributed by atoms with Crippen molar-refractivity contribution < 1.29 is 4.79 Å². The van der Waals surface area contributed by atoms with Crippen LogP contribution < -0.4 is 16.4 Å². The van der Waals surface area contributed by atoms with Crippen molar-refractivity contribution in [1.29, 1.82) is 0 Å². The highest BCUT2D eigenvalue weighted by Crippen LogP contribution is 2.30. The van der Waals surface area contributed by atoms with Crippen LogP contribution in [0.1, 0.15) is 27.4 Å². The maximum atomic E-state index is 12.1. The Labute approximate surface area is 132 Å². The highest BCUT2D eigenvalue weighted by molar-refractivity contribution is 9.11. The van der Waals surface area contributed by atoms with Gasteiger partial charge in [0.1, 0.15) is 10.7 Å². The summed E-state index contributed by atoms with van der Waals surface area (Å²) in [4.78, 5) is 17.9. The minimum absolute atomic E-state index is 0.173. The molecule has 4 N–H and O–H groups in total. The lowest BCUT2D eigenvalue weighted by Gasteiger charge is -2.01. The van der Waals surface area contributed by atoms with Crippen LogP contribution in [0.25, 0.3) is 0 Å². The minimum atomic E-state index is -0.173. The predicted molar refractivity (Wildman–Crippen MR) is 86.4 cm³/mol. The van der Waals surface area contributed by atoms with Crippen molar-refractivity contribution in [3.8, 4) is 0 Å². The number of carbonyl (C=O) groups excluding carboxylic acids is 1. The number of nitrogens with one attached hydrogen (secondary N) is 2. The number of anilines is 2. The normalized spacial score (nSPS) is 14.2. The second-order valence-electron chi connectivity index (χ2n) is 4.54. The topological polar surface area (TPSA) is 80.0 Å². The second-order valence-corrected chi connectivity index (χ2v) is 8.09. The number of rotatable bonds is 5. The van der Waals surface area contributed by atoms with Gasteiger partial charge in [-0.15, -0.1) is 11.3 Å². The average Bonchev–Trinajstić information content (AvgIpc) is 3.00. The number of aromatic nitrogens is 1. The molecule has 5 nitrogen and oxygen atoms in total. The zero-order valence-corrected chi connectivity index (χ0v) is 13.7. The fraction of sp³-hybridized carbons (Fsp3) is 0.333. The molecule has 0 unspecified atom stereocenters. The molecule has 20 heavy (non-hydrogen) atoms. The third-order valence-corrected chi connectivity index (χ3v) is 5.44. The zero-order valence-electron chi connectivity index (χ0n) is 10.5. The van der Waals surface area contributed by atoms with E-state index in [2.05, 4.69) is 31.5 Å². The van der Waals surface area contributed by atoms with Crippen LogP contribution in [0.2, 0.25) is 0 Å². The number of nitrogen functional groups attached to an aromatic ring is 1. The summed E-state index contributed by atoms with van der Waals surface area (Å²) in [6.45, 7) is 0.498. The van der Waals surface area contributed by atoms with Crippen molar-refractivity contribution in [3.63, 3.8) is 0 Å². The van der Waals surface area contributed by atoms with Crippen molar-refractivity contribution in [1.82, 2.24) is 10.3 Å². The number of carbonyl (C=O) groups is 1. The van der Waals surface area contributed by atoms with Crippen molar-refractivity contribution in [2.24, 2.45) is 0 Å². The van der Waals surface area contributed by atoms with E-state index in [4.69, 9.17) is 5.73 Å². The Morgan fingerprint density at radius 2 is 2.25 bits per heavy atom. The van der Waals surface area contributed by atoms with Crippen LogP contribution in [0.5, 0.6) is 0 Å². The van der Waals surface area contributed by atoms with E-state index in [-0.39, 0.29) is 5.91 Å². The molecule has 0 spiro atoms. The molecular formula is C12H13BrN4OS2. The Hall–Kier alpha value is -1.12. The summed E-state index contributed by atoms with van der Waals surface area (Å²) < 4.78 is 1.05. The Kier molecular flexibility index (Phi) is 3.95. The Morgan fingerprint density at radius 3 is 2.90 bits per heavy atom. The third-order valence-electron chi connectivity index (χ3n) is 2.82. The van der Waals surface area contributed by atoms with Crippen LogP contribution in [0.4, 0.5) is 10.9 Å². The first kappa shape index (κ1) is 13.8. The van der Waals surface area contributed by atoms with Crippen LogP contribution in [0.15, 0.2) is 15.9 Å². The van der Waals surface area contributed by atoms with Gasteiger partial charge in [-0.2, -0.15) is 0 Å². The lowest BCUT2D eigenvalue weighted by Crippen LogP contribution is -2.22. The molecule has 3 rings (SSSR count). The van der Waals surface area contributed by atoms with Crippen LogP contribution in [0.3, 0.4) is 0 Å². The van der Waals surface area contributed by atoms with E-state index in [1.54, 1.807) is 11.3 Å². The minimum Gasteiger partial charge on any atom is -0.382 e. The summed E-state index contributed by atoms with van der Waals surface area (Å²) in [5, 5.41) is 6.85. The van der Waals surface area contributed by atoms with E-state index >= 15 is 0 Å². The molecule has 1 amide bonds. The summed E-state index contributed by atoms with van der Waals surface area (Å²) >= 11 is 6.31. The summed E-state index contributed by atoms with van der Waals surface area (Å²) in [6, 6.07) is 4.44. The first-order chi connectivity index (χ1) is 9.61. The smallest absolute Gasteiger partial charge is 0.265 e. The fourth-order valence-corrected chi connectivity index (χ4v) is 3.95. The highest BCUT2D eigenvalue weighted by Gasteiger charge is 2.24. The van der Waals surface area contributed by atoms with E-state index in [0.717, 1.165) is 26.6 Å². The number of thiophene rings is 1. The predicted octanol–water partition coefficient (Wildman–Crippen LogP) is 3.05. The largest absolute Gasteiger partial charge is 0.382 e. The van der Waals surface area contributed by atoms with Gasteiger partial charge in [0.25, 0.3) is 5.91 Å². The number of nitrogens with zero attached hydrogens (tertiary/aromatic N) is 1. The maximum absolute atomic E-state index is 12.1. The first-order valence-electron chi connectivity index (χ1n) is 6.17. The standard InChI is InChI=1S/C12H13BrN4OS2/c13-8-4-3-7(19-8)5-15-11(18)9-10(14)17-12(20-9)16-6-1-2-6/h3-4,6H,1-2,5,14H2,(H,15,18)(H,16,17). The maximum Gasteiger partial charge on any atom is 0.265 e. The van der Waals surface area contributed by atoms with Gasteiger partial charge in [0.05, 0.1) is 10.3 Å². The van der Waals surface area contributed by atoms with Gasteiger partial charge in [0, 0.05) is 10.9 Å². The molecule has 8 heteroatoms. The molecule has 0 aromatic carbocycles. The molecule has 2 aromatic rings. The van der Waals surface area contributed by atoms with Gasteiger partial charge in [-0.3, -0.25) is 4.79 Å². The van der Waals surface area contributed by atoms with Gasteiger partial charge < -0.3 is 16.4 Å². The van der Waals surface area contributed by atoms with Crippen molar-refractivity contribution in [3.05, 3.63) is 25.7 Å². The molecular weight excluding hydrogens is 360 g/mol. The molecule has 0 aliphatic heterocycles. The monoisotopic (exact) mass is 372 g/mol. The molecule has 0 saturated heterocycles. The summed E-state index contributed by atoms with van der Waals surface area (Å²) in [5.41, 5.74) is 5.81. The Bertz CT molecular complexity index is 635. The number of amides is 1. The lowest BCUT2D eigenvalue weighted by atomic mass is 10.4. The fourth-order valence-electron chi connectivity index (χ4n) is 1.65. The van der Waals surface area contributed by atoms with Crippen molar-refractivity contribution in [2.75, 3.05) is 11.1 Å². The van der Waals surface area contributed by atoms with Gasteiger partial charge in [-0.05, 0) is 40.9 Å². The quantitative estimate of drug-likeness (QED) is 0.753. The number of nitrogens with two attached hydrogens (primary N) is 1. The molecule has 1 fully saturated rings. The van der Waals surface area contributed by atoms with Crippen LogP contribution in [-0.2, 0) is 6.54 Å². The van der Waals surface area contributed by atoms with Gasteiger partial charge in [0.2, 0.25) is 0 Å². The van der Waals surface area contributed by atoms with Crippen molar-refractivity contribution >= 4 is 55.5 Å². The number of hydrogen-bond acceptors (Lipinski definition) is 6. The Balaban J connectivity index is 1.62. The molecule has 0 radical (unpaired) electrons. The average molecular weight is 373 g/mol. The number of thiazole rings is 1. The zero-order chi connectivity index (χ0) is 14.1. The van der Waals surface area contributed by atoms with E-state index in [1.165, 1.54) is 11.3 Å². The molecule has 2 aromatic heterocycles. The molecule has 2 heterocycles. The number of halogens is 1. The van der Waals surface area contributed by atoms with E-state index in [1.807, 2.05) is 12.1 Å². The second kappa shape index (κ2) is 5.71. The molecule has 1 aliphatic rings. The van der Waals surface area contributed by atoms with E-state index in [9.17, 15) is 4.79 Å². The summed E-state index contributed by atoms with van der Waals surface area (Å²) in [6.07, 6.45) is 2.32. The molecule has 1 saturated carbocycles. The lowest BCUT2D eigenvalue weighted by molar-refractivity contribution is 0.0956. The molecule has 106 valence electrons. The van der Waals surface area contributed by atoms with Crippen LogP contribution in [0, 0.1) is 0 Å². The van der Waals surface area contributed by atoms with E-state index < -0.39 is 0 Å². The van der Waals surface area contributed by atoms with Gasteiger partial charge >= 0.3 is 0 Å². The van der Waals surface area contributed by atoms with Crippen LogP contribution in [-0.4, -0.2) is 16.9 Å². The van der Waals surface area contributed by atoms with Gasteiger partial charge in [0.15, 0.2) is 5.13 Å². The molecule has 1 aliphatic carbocycles. The van der Waals surface area contributed by atoms with E-state index in [0.29, 0.717) is 23.3 Å². The summed E-state index contributed by atoms with van der Waals surface area (Å²) in [5.74, 6) is 0.122. The van der Waals surface area contributed by atoms with Crippen LogP contribution >= 0.6 is 38.6 Å². The molecule has 0 bridgehead atoms. The molecule has 0 atom stereocenters. The van der Waals surface area contributed by atoms with Crippen molar-refractivity contribution in [2.45, 2.75) is 25.4 Å². The van der Waals surface area contributed by atoms with Gasteiger partial charge in [-0.25, -0.2) is 4.98 Å². The SMILES string of the molecule is Nc1nc(NC2CC2)sc1C(=O)NCc1ccc(Br)s1. The third kappa shape index (κ3) is 3.31. The first-order valence-corrected chi connectivity index (χ1v) is 8.59. The number of hydrogen-bond donors (Lipinski definition) is 3. The highest BCUT2D eigenvalue weighted by atomic mass is 79.9. The van der Waals surface area contributed by atoms with Gasteiger partial charge in [-0.1, -0.05) is 11.3 Å².